The van der Waals surface area contributed by atoms with E-state index in [-0.39, 0.29) is 11.6 Å². The molecular formula is C17H22N2O5S. The molecule has 0 heterocycles. The highest BCUT2D eigenvalue weighted by Crippen LogP contribution is 2.17. The summed E-state index contributed by atoms with van der Waals surface area (Å²) >= 11 is 0. The average Bonchev–Trinajstić information content (AvgIpc) is 3.11. The molecule has 1 saturated carbocycles. The van der Waals surface area contributed by atoms with Crippen LogP contribution in [0.3, 0.4) is 0 Å². The van der Waals surface area contributed by atoms with Crippen LogP contribution in [0.2, 0.25) is 0 Å². The third-order valence-electron chi connectivity index (χ3n) is 3.89. The van der Waals surface area contributed by atoms with Crippen molar-refractivity contribution in [3.05, 3.63) is 29.8 Å². The molecule has 1 atom stereocenters. The summed E-state index contributed by atoms with van der Waals surface area (Å²) < 4.78 is 16.9. The van der Waals surface area contributed by atoms with E-state index in [2.05, 4.69) is 10.6 Å². The van der Waals surface area contributed by atoms with Crippen molar-refractivity contribution in [1.82, 2.24) is 10.6 Å². The van der Waals surface area contributed by atoms with E-state index in [1.54, 1.807) is 25.1 Å². The van der Waals surface area contributed by atoms with Crippen LogP contribution in [0, 0.1) is 0 Å². The van der Waals surface area contributed by atoms with Gasteiger partial charge >= 0.3 is 12.0 Å². The van der Waals surface area contributed by atoms with Crippen molar-refractivity contribution in [3.8, 4) is 0 Å². The molecule has 3 amide bonds. The van der Waals surface area contributed by atoms with Crippen LogP contribution in [0.5, 0.6) is 0 Å². The van der Waals surface area contributed by atoms with E-state index in [1.807, 2.05) is 0 Å². The van der Waals surface area contributed by atoms with Crippen molar-refractivity contribution in [1.29, 1.82) is 0 Å². The van der Waals surface area contributed by atoms with Crippen LogP contribution in [-0.4, -0.2) is 40.5 Å². The highest BCUT2D eigenvalue weighted by Gasteiger charge is 2.20. The van der Waals surface area contributed by atoms with Crippen LogP contribution in [0.25, 0.3) is 0 Å². The van der Waals surface area contributed by atoms with Crippen LogP contribution in [0.15, 0.2) is 29.2 Å². The molecule has 0 bridgehead atoms. The van der Waals surface area contributed by atoms with E-state index < -0.39 is 35.3 Å². The molecule has 0 unspecified atom stereocenters. The van der Waals surface area contributed by atoms with Crippen LogP contribution < -0.4 is 10.6 Å². The summed E-state index contributed by atoms with van der Waals surface area (Å²) in [5.41, 5.74) is 0.158. The quantitative estimate of drug-likeness (QED) is 0.747. The molecule has 25 heavy (non-hydrogen) atoms. The molecule has 7 nitrogen and oxygen atoms in total. The maximum Gasteiger partial charge on any atom is 0.339 e. The Morgan fingerprint density at radius 2 is 1.88 bits per heavy atom. The van der Waals surface area contributed by atoms with Gasteiger partial charge in [0.2, 0.25) is 0 Å². The Hall–Kier alpha value is -2.22. The molecule has 0 aromatic heterocycles. The maximum atomic E-state index is 12.1. The number of hydrogen-bond donors (Lipinski definition) is 2. The van der Waals surface area contributed by atoms with Gasteiger partial charge in [-0.15, -0.1) is 0 Å². The predicted molar refractivity (Wildman–Crippen MR) is 92.6 cm³/mol. The normalized spacial score (nSPS) is 15.4. The number of amides is 3. The maximum absolute atomic E-state index is 12.1. The Bertz CT molecular complexity index is 671. The molecule has 2 N–H and O–H groups in total. The van der Waals surface area contributed by atoms with Crippen molar-refractivity contribution in [2.24, 2.45) is 0 Å². The predicted octanol–water partition coefficient (Wildman–Crippen LogP) is 1.74. The van der Waals surface area contributed by atoms with Crippen molar-refractivity contribution in [3.63, 3.8) is 0 Å². The van der Waals surface area contributed by atoms with Crippen molar-refractivity contribution >= 4 is 28.7 Å². The van der Waals surface area contributed by atoms with E-state index in [0.29, 0.717) is 10.6 Å². The molecule has 0 aliphatic heterocycles. The van der Waals surface area contributed by atoms with Crippen molar-refractivity contribution in [2.45, 2.75) is 43.5 Å². The van der Waals surface area contributed by atoms with Gasteiger partial charge in [-0.05, 0) is 25.0 Å². The molecule has 1 aliphatic carbocycles. The Morgan fingerprint density at radius 3 is 2.56 bits per heavy atom. The zero-order valence-corrected chi connectivity index (χ0v) is 14.9. The Balaban J connectivity index is 1.84. The fraction of sp³-hybridized carbons (Fsp3) is 0.471. The molecule has 1 aliphatic rings. The van der Waals surface area contributed by atoms with Gasteiger partial charge in [-0.2, -0.15) is 0 Å². The van der Waals surface area contributed by atoms with E-state index in [1.165, 1.54) is 6.07 Å². The molecule has 1 aromatic rings. The average molecular weight is 366 g/mol. The summed E-state index contributed by atoms with van der Waals surface area (Å²) in [6.07, 6.45) is 3.94. The molecular weight excluding hydrogens is 344 g/mol. The van der Waals surface area contributed by atoms with Gasteiger partial charge in [0.1, 0.15) is 0 Å². The Morgan fingerprint density at radius 1 is 1.20 bits per heavy atom. The second-order valence-electron chi connectivity index (χ2n) is 5.71. The first-order valence-electron chi connectivity index (χ1n) is 8.26. The third-order valence-corrected chi connectivity index (χ3v) is 5.26. The van der Waals surface area contributed by atoms with Crippen molar-refractivity contribution in [2.75, 3.05) is 12.4 Å². The van der Waals surface area contributed by atoms with Crippen LogP contribution in [0.4, 0.5) is 4.79 Å². The Labute approximate surface area is 149 Å². The standard InChI is InChI=1S/C17H22N2O5S/c1-2-25(23)14-10-6-5-9-13(14)16(21)24-11-15(20)19-17(22)18-12-7-3-4-8-12/h5-6,9-10,12H,2-4,7-8,11H2,1H3,(H2,18,19,20,22)/t25-/m0/s1. The van der Waals surface area contributed by atoms with Gasteiger partial charge < -0.3 is 10.1 Å². The van der Waals surface area contributed by atoms with E-state index in [0.717, 1.165) is 25.7 Å². The van der Waals surface area contributed by atoms with Gasteiger partial charge in [0.25, 0.3) is 5.91 Å². The molecule has 136 valence electrons. The van der Waals surface area contributed by atoms with Gasteiger partial charge in [-0.3, -0.25) is 14.3 Å². The lowest BCUT2D eigenvalue weighted by atomic mass is 10.2. The number of urea groups is 1. The minimum Gasteiger partial charge on any atom is -0.452 e. The fourth-order valence-corrected chi connectivity index (χ4v) is 3.59. The number of hydrogen-bond acceptors (Lipinski definition) is 5. The van der Waals surface area contributed by atoms with Gasteiger partial charge in [0.05, 0.1) is 21.3 Å². The number of carbonyl (C=O) groups excluding carboxylic acids is 3. The lowest BCUT2D eigenvalue weighted by Gasteiger charge is -2.12. The Kier molecular flexibility index (Phi) is 7.12. The van der Waals surface area contributed by atoms with E-state index in [9.17, 15) is 18.6 Å². The number of carbonyl (C=O) groups is 3. The third kappa shape index (κ3) is 5.67. The van der Waals surface area contributed by atoms with Crippen LogP contribution >= 0.6 is 0 Å². The molecule has 1 aromatic carbocycles. The zero-order chi connectivity index (χ0) is 18.2. The lowest BCUT2D eigenvalue weighted by molar-refractivity contribution is -0.123. The molecule has 0 saturated heterocycles. The SMILES string of the molecule is CC[S@](=O)c1ccccc1C(=O)OCC(=O)NC(=O)NC1CCCC1. The lowest BCUT2D eigenvalue weighted by Crippen LogP contribution is -2.45. The number of nitrogens with one attached hydrogen (secondary N) is 2. The summed E-state index contributed by atoms with van der Waals surface area (Å²) in [7, 11) is -1.31. The molecule has 8 heteroatoms. The van der Waals surface area contributed by atoms with Gasteiger partial charge in [0, 0.05) is 11.8 Å². The second kappa shape index (κ2) is 9.31. The highest BCUT2D eigenvalue weighted by molar-refractivity contribution is 7.85. The zero-order valence-electron chi connectivity index (χ0n) is 14.1. The number of benzene rings is 1. The summed E-state index contributed by atoms with van der Waals surface area (Å²) in [6.45, 7) is 1.17. The minimum absolute atomic E-state index is 0.0891. The van der Waals surface area contributed by atoms with E-state index in [4.69, 9.17) is 4.74 Å². The highest BCUT2D eigenvalue weighted by atomic mass is 32.2. The van der Waals surface area contributed by atoms with Gasteiger partial charge in [-0.25, -0.2) is 9.59 Å². The summed E-state index contributed by atoms with van der Waals surface area (Å²) in [5, 5.41) is 4.85. The van der Waals surface area contributed by atoms with Gasteiger partial charge in [-0.1, -0.05) is 31.9 Å². The summed E-state index contributed by atoms with van der Waals surface area (Å²) in [6, 6.07) is 5.90. The monoisotopic (exact) mass is 366 g/mol. The molecule has 2 rings (SSSR count). The van der Waals surface area contributed by atoms with Crippen LogP contribution in [0.1, 0.15) is 43.0 Å². The topological polar surface area (TPSA) is 102 Å². The summed E-state index contributed by atoms with van der Waals surface area (Å²) in [4.78, 5) is 35.9. The van der Waals surface area contributed by atoms with Crippen molar-refractivity contribution < 1.29 is 23.3 Å². The van der Waals surface area contributed by atoms with Gasteiger partial charge in [0.15, 0.2) is 6.61 Å². The molecule has 0 radical (unpaired) electrons. The fourth-order valence-electron chi connectivity index (χ4n) is 2.65. The first kappa shape index (κ1) is 19.1. The minimum atomic E-state index is -1.31. The smallest absolute Gasteiger partial charge is 0.339 e. The van der Waals surface area contributed by atoms with Crippen LogP contribution in [-0.2, 0) is 20.3 Å². The number of ether oxygens (including phenoxy) is 1. The first-order valence-corrected chi connectivity index (χ1v) is 9.58. The second-order valence-corrected chi connectivity index (χ2v) is 7.42. The number of rotatable bonds is 6. The summed E-state index contributed by atoms with van der Waals surface area (Å²) in [5.74, 6) is -1.09. The number of imide groups is 1. The van der Waals surface area contributed by atoms with E-state index >= 15 is 0 Å². The molecule has 0 spiro atoms. The largest absolute Gasteiger partial charge is 0.452 e. The number of esters is 1. The first-order chi connectivity index (χ1) is 12.0. The molecule has 1 fully saturated rings.